The molecule has 0 radical (unpaired) electrons. The lowest BCUT2D eigenvalue weighted by Crippen LogP contribution is -1.99. The van der Waals surface area contributed by atoms with E-state index in [1.807, 2.05) is 30.3 Å². The molecule has 0 saturated carbocycles. The first-order valence-electron chi connectivity index (χ1n) is 12.8. The molecular formula is C32H22N4O4S2. The summed E-state index contributed by atoms with van der Waals surface area (Å²) in [6.07, 6.45) is 5.86. The maximum atomic E-state index is 13.2. The van der Waals surface area contributed by atoms with Crippen molar-refractivity contribution in [2.45, 2.75) is 9.79 Å². The van der Waals surface area contributed by atoms with Crippen molar-refractivity contribution in [1.82, 2.24) is 9.97 Å². The van der Waals surface area contributed by atoms with E-state index in [2.05, 4.69) is 18.8 Å². The van der Waals surface area contributed by atoms with Gasteiger partial charge in [-0.25, -0.2) is 0 Å². The molecule has 4 aromatic carbocycles. The summed E-state index contributed by atoms with van der Waals surface area (Å²) < 4.78 is 59.7. The Bertz CT molecular complexity index is 2230. The highest BCUT2D eigenvalue weighted by Gasteiger charge is 2.16. The summed E-state index contributed by atoms with van der Waals surface area (Å²) in [4.78, 5) is 8.98. The van der Waals surface area contributed by atoms with Gasteiger partial charge in [-0.15, -0.1) is 0 Å². The van der Waals surface area contributed by atoms with Gasteiger partial charge in [-0.05, 0) is 41.8 Å². The second-order valence-corrected chi connectivity index (χ2v) is 12.5. The van der Waals surface area contributed by atoms with Gasteiger partial charge in [-0.2, -0.15) is 25.6 Å². The molecule has 0 atom stereocenters. The van der Waals surface area contributed by atoms with E-state index >= 15 is 0 Å². The molecule has 0 aliphatic carbocycles. The summed E-state index contributed by atoms with van der Waals surface area (Å²) >= 11 is 0. The van der Waals surface area contributed by atoms with Crippen LogP contribution in [0.3, 0.4) is 0 Å². The van der Waals surface area contributed by atoms with Crippen LogP contribution in [0.5, 0.6) is 0 Å². The van der Waals surface area contributed by atoms with Gasteiger partial charge in [0.15, 0.2) is 0 Å². The standard InChI is InChI=1S/C32H22N4O4S2/c37-41(38,27-13-2-1-3-14-27)35-21-25-10-6-16-30-29(25)17-19-34-32(30)24-9-5-15-28(20-24)42(39,40)36-22-26-11-4-8-23-12-7-18-33-31(23)26/h1-22H. The minimum atomic E-state index is -4.04. The molecule has 0 saturated heterocycles. The average Bonchev–Trinajstić information content (AvgIpc) is 3.03. The monoisotopic (exact) mass is 590 g/mol. The molecule has 10 heteroatoms. The van der Waals surface area contributed by atoms with Crippen molar-refractivity contribution in [2.75, 3.05) is 0 Å². The Hall–Kier alpha value is -5.06. The number of rotatable bonds is 7. The lowest BCUT2D eigenvalue weighted by atomic mass is 10.0. The van der Waals surface area contributed by atoms with E-state index in [1.165, 1.54) is 36.7 Å². The summed E-state index contributed by atoms with van der Waals surface area (Å²) in [5.41, 5.74) is 2.92. The predicted octanol–water partition coefficient (Wildman–Crippen LogP) is 6.07. The van der Waals surface area contributed by atoms with E-state index in [0.717, 1.165) is 5.39 Å². The molecule has 0 amide bonds. The van der Waals surface area contributed by atoms with E-state index in [9.17, 15) is 16.8 Å². The lowest BCUT2D eigenvalue weighted by Gasteiger charge is -2.09. The van der Waals surface area contributed by atoms with Crippen molar-refractivity contribution in [3.8, 4) is 11.3 Å². The van der Waals surface area contributed by atoms with E-state index < -0.39 is 20.0 Å². The first-order valence-corrected chi connectivity index (χ1v) is 15.7. The first-order chi connectivity index (χ1) is 20.3. The largest absolute Gasteiger partial charge is 0.282 e. The topological polar surface area (TPSA) is 119 Å². The number of para-hydroxylation sites is 1. The predicted molar refractivity (Wildman–Crippen MR) is 165 cm³/mol. The highest BCUT2D eigenvalue weighted by atomic mass is 32.2. The maximum absolute atomic E-state index is 13.2. The third-order valence-corrected chi connectivity index (χ3v) is 9.09. The summed E-state index contributed by atoms with van der Waals surface area (Å²) in [5.74, 6) is 0. The van der Waals surface area contributed by atoms with Crippen LogP contribution in [0.25, 0.3) is 32.9 Å². The van der Waals surface area contributed by atoms with Gasteiger partial charge in [-0.3, -0.25) is 9.97 Å². The normalized spacial score (nSPS) is 12.5. The number of hydrogen-bond acceptors (Lipinski definition) is 6. The number of aromatic nitrogens is 2. The summed E-state index contributed by atoms with van der Waals surface area (Å²) in [5, 5.41) is 2.30. The van der Waals surface area contributed by atoms with Crippen LogP contribution in [0.15, 0.2) is 140 Å². The summed E-state index contributed by atoms with van der Waals surface area (Å²) in [7, 11) is -7.92. The Morgan fingerprint density at radius 1 is 0.548 bits per heavy atom. The molecule has 42 heavy (non-hydrogen) atoms. The Balaban J connectivity index is 1.35. The van der Waals surface area contributed by atoms with Crippen LogP contribution in [-0.2, 0) is 20.0 Å². The van der Waals surface area contributed by atoms with Crippen molar-refractivity contribution in [2.24, 2.45) is 8.80 Å². The van der Waals surface area contributed by atoms with Crippen molar-refractivity contribution < 1.29 is 16.8 Å². The minimum absolute atomic E-state index is 0.00919. The fraction of sp³-hybridized carbons (Fsp3) is 0. The molecule has 6 aromatic rings. The molecule has 2 heterocycles. The van der Waals surface area contributed by atoms with Gasteiger partial charge in [-0.1, -0.05) is 72.8 Å². The van der Waals surface area contributed by atoms with Crippen molar-refractivity contribution in [1.29, 1.82) is 0 Å². The highest BCUT2D eigenvalue weighted by molar-refractivity contribution is 7.90. The van der Waals surface area contributed by atoms with Crippen molar-refractivity contribution >= 4 is 54.2 Å². The van der Waals surface area contributed by atoms with Gasteiger partial charge in [0.05, 0.1) is 21.0 Å². The molecule has 2 aromatic heterocycles. The number of fused-ring (bicyclic) bond motifs is 2. The van der Waals surface area contributed by atoms with Crippen molar-refractivity contribution in [3.63, 3.8) is 0 Å². The van der Waals surface area contributed by atoms with Crippen LogP contribution in [-0.4, -0.2) is 39.2 Å². The van der Waals surface area contributed by atoms with Crippen LogP contribution in [0.4, 0.5) is 0 Å². The number of sulfonamides is 2. The molecule has 6 rings (SSSR count). The van der Waals surface area contributed by atoms with Gasteiger partial charge < -0.3 is 0 Å². The SMILES string of the molecule is O=S(=O)(N=Cc1cccc2c(-c3cccc(S(=O)(=O)N=Cc4cccc5cccnc45)c3)nccc12)c1ccccc1. The zero-order chi connectivity index (χ0) is 29.2. The number of hydrogen-bond donors (Lipinski definition) is 0. The van der Waals surface area contributed by atoms with Crippen LogP contribution in [0, 0.1) is 0 Å². The van der Waals surface area contributed by atoms with Gasteiger partial charge in [0.1, 0.15) is 0 Å². The zero-order valence-corrected chi connectivity index (χ0v) is 23.6. The number of pyridine rings is 2. The highest BCUT2D eigenvalue weighted by Crippen LogP contribution is 2.30. The fourth-order valence-electron chi connectivity index (χ4n) is 4.58. The summed E-state index contributed by atoms with van der Waals surface area (Å²) in [6, 6.07) is 30.7. The van der Waals surface area contributed by atoms with E-state index in [-0.39, 0.29) is 9.79 Å². The molecule has 8 nitrogen and oxygen atoms in total. The van der Waals surface area contributed by atoms with Gasteiger partial charge in [0, 0.05) is 52.3 Å². The Morgan fingerprint density at radius 2 is 1.21 bits per heavy atom. The smallest absolute Gasteiger partial charge is 0.256 e. The minimum Gasteiger partial charge on any atom is -0.256 e. The van der Waals surface area contributed by atoms with Crippen molar-refractivity contribution in [3.05, 3.63) is 133 Å². The second kappa shape index (κ2) is 11.1. The third-order valence-electron chi connectivity index (χ3n) is 6.61. The quantitative estimate of drug-likeness (QED) is 0.208. The average molecular weight is 591 g/mol. The molecule has 206 valence electrons. The maximum Gasteiger partial charge on any atom is 0.282 e. The van der Waals surface area contributed by atoms with Crippen LogP contribution >= 0.6 is 0 Å². The number of nitrogens with zero attached hydrogens (tertiary/aromatic N) is 4. The van der Waals surface area contributed by atoms with Gasteiger partial charge >= 0.3 is 0 Å². The van der Waals surface area contributed by atoms with Gasteiger partial charge in [0.2, 0.25) is 0 Å². The fourth-order valence-corrected chi connectivity index (χ4v) is 6.35. The van der Waals surface area contributed by atoms with Crippen LogP contribution in [0.2, 0.25) is 0 Å². The third kappa shape index (κ3) is 5.45. The van der Waals surface area contributed by atoms with E-state index in [0.29, 0.717) is 38.7 Å². The molecular weight excluding hydrogens is 569 g/mol. The molecule has 0 unspecified atom stereocenters. The molecule has 0 aliphatic rings. The number of benzene rings is 4. The van der Waals surface area contributed by atoms with Gasteiger partial charge in [0.25, 0.3) is 20.0 Å². The lowest BCUT2D eigenvalue weighted by molar-refractivity contribution is 0.596. The zero-order valence-electron chi connectivity index (χ0n) is 21.9. The Morgan fingerprint density at radius 3 is 2.05 bits per heavy atom. The van der Waals surface area contributed by atoms with Crippen LogP contribution < -0.4 is 0 Å². The Labute approximate surface area is 242 Å². The second-order valence-electron chi connectivity index (χ2n) is 9.28. The molecule has 0 spiro atoms. The molecule has 0 aliphatic heterocycles. The molecule has 0 bridgehead atoms. The van der Waals surface area contributed by atoms with E-state index in [4.69, 9.17) is 0 Å². The molecule has 0 N–H and O–H groups in total. The van der Waals surface area contributed by atoms with E-state index in [1.54, 1.807) is 67.0 Å². The first kappa shape index (κ1) is 27.1. The summed E-state index contributed by atoms with van der Waals surface area (Å²) in [6.45, 7) is 0. The Kier molecular flexibility index (Phi) is 7.15. The van der Waals surface area contributed by atoms with Crippen LogP contribution in [0.1, 0.15) is 11.1 Å². The molecule has 0 fully saturated rings.